The van der Waals surface area contributed by atoms with E-state index in [9.17, 15) is 4.79 Å². The summed E-state index contributed by atoms with van der Waals surface area (Å²) in [5.74, 6) is 0. The number of halogens is 2. The number of rotatable bonds is 4. The van der Waals surface area contributed by atoms with Gasteiger partial charge >= 0.3 is 6.03 Å². The lowest BCUT2D eigenvalue weighted by molar-refractivity contribution is 0.219. The second-order valence-corrected chi connectivity index (χ2v) is 5.79. The summed E-state index contributed by atoms with van der Waals surface area (Å²) in [6, 6.07) is 6.17. The highest BCUT2D eigenvalue weighted by atomic mass is 127. The number of nitrogens with one attached hydrogen (secondary N) is 2. The summed E-state index contributed by atoms with van der Waals surface area (Å²) in [7, 11) is 0. The van der Waals surface area contributed by atoms with Crippen molar-refractivity contribution < 1.29 is 4.79 Å². The van der Waals surface area contributed by atoms with Crippen LogP contribution < -0.4 is 10.6 Å². The summed E-state index contributed by atoms with van der Waals surface area (Å²) in [5.41, 5.74) is 1.07. The normalized spacial score (nSPS) is 14.9. The Morgan fingerprint density at radius 3 is 3.00 bits per heavy atom. The van der Waals surface area contributed by atoms with Crippen LogP contribution in [0.3, 0.4) is 0 Å². The van der Waals surface area contributed by atoms with Gasteiger partial charge in [-0.2, -0.15) is 0 Å². The lowest BCUT2D eigenvalue weighted by Crippen LogP contribution is -2.32. The van der Waals surface area contributed by atoms with E-state index in [-0.39, 0.29) is 6.03 Å². The molecule has 2 N–H and O–H groups in total. The van der Waals surface area contributed by atoms with Gasteiger partial charge in [-0.05, 0) is 56.7 Å². The maximum atomic E-state index is 11.3. The van der Waals surface area contributed by atoms with Crippen molar-refractivity contribution in [2.45, 2.75) is 0 Å². The first-order chi connectivity index (χ1) is 8.16. The van der Waals surface area contributed by atoms with Gasteiger partial charge in [0.25, 0.3) is 0 Å². The van der Waals surface area contributed by atoms with Crippen LogP contribution in [0.2, 0.25) is 0 Å². The molecule has 2 rings (SSSR count). The maximum Gasteiger partial charge on any atom is 0.317 e. The summed E-state index contributed by atoms with van der Waals surface area (Å²) in [5, 5.41) is 6.09. The Morgan fingerprint density at radius 1 is 1.53 bits per heavy atom. The molecule has 1 aliphatic rings. The number of anilines is 1. The summed E-state index contributed by atoms with van der Waals surface area (Å²) in [6.07, 6.45) is 0. The van der Waals surface area contributed by atoms with Crippen LogP contribution in [-0.2, 0) is 0 Å². The summed E-state index contributed by atoms with van der Waals surface area (Å²) in [6.45, 7) is 3.06. The SMILES string of the molecule is O=C1NCCN1CCNc1ccc(I)c(Br)c1. The van der Waals surface area contributed by atoms with E-state index in [1.807, 2.05) is 17.0 Å². The van der Waals surface area contributed by atoms with Gasteiger partial charge in [-0.1, -0.05) is 0 Å². The van der Waals surface area contributed by atoms with Gasteiger partial charge in [0.2, 0.25) is 0 Å². The third-order valence-electron chi connectivity index (χ3n) is 2.58. The van der Waals surface area contributed by atoms with Gasteiger partial charge in [0.1, 0.15) is 0 Å². The van der Waals surface area contributed by atoms with Crippen molar-refractivity contribution in [1.29, 1.82) is 0 Å². The Bertz CT molecular complexity index is 427. The molecule has 2 amide bonds. The fraction of sp³-hybridized carbons (Fsp3) is 0.364. The van der Waals surface area contributed by atoms with Gasteiger partial charge < -0.3 is 15.5 Å². The lowest BCUT2D eigenvalue weighted by Gasteiger charge is -2.15. The van der Waals surface area contributed by atoms with E-state index in [2.05, 4.69) is 55.2 Å². The van der Waals surface area contributed by atoms with Crippen LogP contribution in [0.4, 0.5) is 10.5 Å². The number of hydrogen-bond donors (Lipinski definition) is 2. The molecule has 0 aliphatic carbocycles. The maximum absolute atomic E-state index is 11.3. The number of hydrogen-bond acceptors (Lipinski definition) is 2. The monoisotopic (exact) mass is 409 g/mol. The molecule has 4 nitrogen and oxygen atoms in total. The number of carbonyl (C=O) groups excluding carboxylic acids is 1. The smallest absolute Gasteiger partial charge is 0.317 e. The third kappa shape index (κ3) is 3.48. The molecule has 0 unspecified atom stereocenters. The number of urea groups is 1. The van der Waals surface area contributed by atoms with Crippen molar-refractivity contribution in [2.75, 3.05) is 31.5 Å². The third-order valence-corrected chi connectivity index (χ3v) is 4.91. The predicted octanol–water partition coefficient (Wildman–Crippen LogP) is 2.49. The van der Waals surface area contributed by atoms with Crippen LogP contribution in [-0.4, -0.2) is 37.1 Å². The van der Waals surface area contributed by atoms with Crippen molar-refractivity contribution in [1.82, 2.24) is 10.2 Å². The minimum atomic E-state index is 0.0376. The van der Waals surface area contributed by atoms with Crippen LogP contribution >= 0.6 is 38.5 Å². The molecule has 6 heteroatoms. The molecule has 0 bridgehead atoms. The van der Waals surface area contributed by atoms with Crippen molar-refractivity contribution in [3.05, 3.63) is 26.2 Å². The molecule has 0 atom stereocenters. The zero-order valence-corrected chi connectivity index (χ0v) is 12.9. The van der Waals surface area contributed by atoms with E-state index in [4.69, 9.17) is 0 Å². The van der Waals surface area contributed by atoms with Crippen molar-refractivity contribution >= 4 is 50.2 Å². The van der Waals surface area contributed by atoms with Crippen LogP contribution in [0.15, 0.2) is 22.7 Å². The van der Waals surface area contributed by atoms with E-state index >= 15 is 0 Å². The zero-order valence-electron chi connectivity index (χ0n) is 9.17. The Morgan fingerprint density at radius 2 is 2.35 bits per heavy atom. The van der Waals surface area contributed by atoms with Crippen LogP contribution in [0.1, 0.15) is 0 Å². The molecule has 0 spiro atoms. The van der Waals surface area contributed by atoms with Crippen molar-refractivity contribution in [3.8, 4) is 0 Å². The molecule has 1 aromatic rings. The first-order valence-electron chi connectivity index (χ1n) is 5.38. The molecule has 0 radical (unpaired) electrons. The van der Waals surface area contributed by atoms with Gasteiger partial charge in [0.05, 0.1) is 0 Å². The Labute approximate surface area is 122 Å². The Hall–Kier alpha value is -0.500. The number of carbonyl (C=O) groups is 1. The molecule has 1 heterocycles. The molecule has 1 saturated heterocycles. The van der Waals surface area contributed by atoms with Gasteiger partial charge in [0, 0.05) is 39.9 Å². The van der Waals surface area contributed by atoms with Gasteiger partial charge in [0.15, 0.2) is 0 Å². The molecule has 0 saturated carbocycles. The molecule has 1 aromatic carbocycles. The number of benzene rings is 1. The number of amides is 2. The fourth-order valence-corrected chi connectivity index (χ4v) is 2.38. The van der Waals surface area contributed by atoms with E-state index < -0.39 is 0 Å². The lowest BCUT2D eigenvalue weighted by atomic mass is 10.3. The molecule has 0 aromatic heterocycles. The topological polar surface area (TPSA) is 44.4 Å². The molecule has 1 aliphatic heterocycles. The zero-order chi connectivity index (χ0) is 12.3. The van der Waals surface area contributed by atoms with Gasteiger partial charge in [-0.25, -0.2) is 4.79 Å². The molecule has 92 valence electrons. The quantitative estimate of drug-likeness (QED) is 0.750. The minimum Gasteiger partial charge on any atom is -0.383 e. The second-order valence-electron chi connectivity index (χ2n) is 3.77. The fourth-order valence-electron chi connectivity index (χ4n) is 1.67. The molecule has 17 heavy (non-hydrogen) atoms. The van der Waals surface area contributed by atoms with Crippen LogP contribution in [0.5, 0.6) is 0 Å². The summed E-state index contributed by atoms with van der Waals surface area (Å²) >= 11 is 5.77. The largest absolute Gasteiger partial charge is 0.383 e. The highest BCUT2D eigenvalue weighted by molar-refractivity contribution is 14.1. The van der Waals surface area contributed by atoms with Crippen molar-refractivity contribution in [2.24, 2.45) is 0 Å². The van der Waals surface area contributed by atoms with Gasteiger partial charge in [-0.3, -0.25) is 0 Å². The summed E-state index contributed by atoms with van der Waals surface area (Å²) in [4.78, 5) is 13.1. The van der Waals surface area contributed by atoms with Crippen LogP contribution in [0, 0.1) is 3.57 Å². The molecular weight excluding hydrogens is 397 g/mol. The second kappa shape index (κ2) is 5.90. The average Bonchev–Trinajstić information content (AvgIpc) is 2.70. The number of nitrogens with zero attached hydrogens (tertiary/aromatic N) is 1. The minimum absolute atomic E-state index is 0.0376. The predicted molar refractivity (Wildman–Crippen MR) is 80.3 cm³/mol. The van der Waals surface area contributed by atoms with E-state index in [1.54, 1.807) is 0 Å². The van der Waals surface area contributed by atoms with Gasteiger partial charge in [-0.15, -0.1) is 0 Å². The first-order valence-corrected chi connectivity index (χ1v) is 7.26. The van der Waals surface area contributed by atoms with Crippen LogP contribution in [0.25, 0.3) is 0 Å². The van der Waals surface area contributed by atoms with E-state index in [0.717, 1.165) is 36.3 Å². The standard InChI is InChI=1S/C11H13BrIN3O/c12-9-7-8(1-2-10(9)13)14-3-5-16-6-4-15-11(16)17/h1-2,7,14H,3-6H2,(H,15,17). The van der Waals surface area contributed by atoms with E-state index in [0.29, 0.717) is 0 Å². The highest BCUT2D eigenvalue weighted by Crippen LogP contribution is 2.22. The molecule has 1 fully saturated rings. The average molecular weight is 410 g/mol. The Balaban J connectivity index is 1.81. The highest BCUT2D eigenvalue weighted by Gasteiger charge is 2.18. The Kier molecular flexibility index (Phi) is 4.49. The van der Waals surface area contributed by atoms with Crippen molar-refractivity contribution in [3.63, 3.8) is 0 Å². The van der Waals surface area contributed by atoms with E-state index in [1.165, 1.54) is 3.57 Å². The summed E-state index contributed by atoms with van der Waals surface area (Å²) < 4.78 is 2.27. The first kappa shape index (κ1) is 12.9. The molecular formula is C11H13BrIN3O.